The first-order chi connectivity index (χ1) is 14.2. The van der Waals surface area contributed by atoms with Crippen LogP contribution in [-0.2, 0) is 0 Å². The number of nitrogens with one attached hydrogen (secondary N) is 1. The number of pyridine rings is 1. The molecule has 0 saturated heterocycles. The molecule has 1 aliphatic carbocycles. The molecule has 144 valence electrons. The van der Waals surface area contributed by atoms with Crippen LogP contribution in [0.25, 0.3) is 21.3 Å². The Morgan fingerprint density at radius 1 is 1.17 bits per heavy atom. The van der Waals surface area contributed by atoms with Crippen LogP contribution in [0.2, 0.25) is 0 Å². The van der Waals surface area contributed by atoms with E-state index in [0.717, 1.165) is 38.3 Å². The maximum atomic E-state index is 12.5. The molecule has 0 unspecified atom stereocenters. The van der Waals surface area contributed by atoms with Gasteiger partial charge in [-0.15, -0.1) is 11.3 Å². The first kappa shape index (κ1) is 17.9. The third kappa shape index (κ3) is 3.89. The molecule has 1 aromatic carbocycles. The average molecular weight is 401 g/mol. The number of aryl methyl sites for hydroxylation is 1. The van der Waals surface area contributed by atoms with Crippen LogP contribution in [-0.4, -0.2) is 20.7 Å². The Balaban J connectivity index is 1.47. The van der Waals surface area contributed by atoms with Crippen molar-refractivity contribution >= 4 is 39.0 Å². The fourth-order valence-electron chi connectivity index (χ4n) is 3.33. The molecule has 5 nitrogen and oxygen atoms in total. The van der Waals surface area contributed by atoms with Gasteiger partial charge in [-0.2, -0.15) is 0 Å². The molecule has 5 rings (SSSR count). The molecule has 1 fully saturated rings. The van der Waals surface area contributed by atoms with Crippen molar-refractivity contribution in [2.45, 2.75) is 26.2 Å². The Bertz CT molecular complexity index is 1200. The second kappa shape index (κ2) is 7.37. The molecule has 3 heterocycles. The molecule has 29 heavy (non-hydrogen) atoms. The summed E-state index contributed by atoms with van der Waals surface area (Å²) < 4.78 is 1.02. The molecule has 1 saturated carbocycles. The fourth-order valence-corrected chi connectivity index (χ4v) is 4.20. The van der Waals surface area contributed by atoms with Gasteiger partial charge in [0.05, 0.1) is 28.3 Å². The number of rotatable bonds is 6. The molecule has 1 N–H and O–H groups in total. The van der Waals surface area contributed by atoms with Crippen molar-refractivity contribution in [3.63, 3.8) is 0 Å². The number of ketones is 1. The van der Waals surface area contributed by atoms with E-state index in [0.29, 0.717) is 18.3 Å². The van der Waals surface area contributed by atoms with Gasteiger partial charge in [0.2, 0.25) is 5.95 Å². The van der Waals surface area contributed by atoms with E-state index in [2.05, 4.69) is 20.7 Å². The Morgan fingerprint density at radius 2 is 2.07 bits per heavy atom. The van der Waals surface area contributed by atoms with E-state index in [1.807, 2.05) is 49.5 Å². The summed E-state index contributed by atoms with van der Waals surface area (Å²) >= 11 is 1.61. The zero-order valence-corrected chi connectivity index (χ0v) is 16.9. The minimum atomic E-state index is 0.234. The number of benzene rings is 1. The predicted octanol–water partition coefficient (Wildman–Crippen LogP) is 5.79. The zero-order chi connectivity index (χ0) is 19.8. The SMILES string of the molecule is Cc1ccc(Nc2ncc3scc(-c4cccc(C(=O)CC5CC5)c4)c3n2)cn1. The van der Waals surface area contributed by atoms with Gasteiger partial charge >= 0.3 is 0 Å². The molecule has 0 amide bonds. The van der Waals surface area contributed by atoms with E-state index in [1.165, 1.54) is 12.8 Å². The number of carbonyl (C=O) groups excluding carboxylic acids is 1. The molecule has 6 heteroatoms. The van der Waals surface area contributed by atoms with Crippen molar-refractivity contribution in [1.82, 2.24) is 15.0 Å². The minimum absolute atomic E-state index is 0.234. The molecular formula is C23H20N4OS. The van der Waals surface area contributed by atoms with Gasteiger partial charge in [-0.1, -0.05) is 18.2 Å². The summed E-state index contributed by atoms with van der Waals surface area (Å²) in [5.41, 5.74) is 5.52. The Morgan fingerprint density at radius 3 is 2.86 bits per heavy atom. The van der Waals surface area contributed by atoms with Crippen LogP contribution >= 0.6 is 11.3 Å². The van der Waals surface area contributed by atoms with Crippen LogP contribution in [0.5, 0.6) is 0 Å². The number of thiophene rings is 1. The van der Waals surface area contributed by atoms with Crippen molar-refractivity contribution in [3.8, 4) is 11.1 Å². The second-order valence-electron chi connectivity index (χ2n) is 7.52. The van der Waals surface area contributed by atoms with Gasteiger partial charge in [0, 0.05) is 28.6 Å². The zero-order valence-electron chi connectivity index (χ0n) is 16.1. The van der Waals surface area contributed by atoms with Crippen molar-refractivity contribution < 1.29 is 4.79 Å². The van der Waals surface area contributed by atoms with Crippen LogP contribution in [0.4, 0.5) is 11.6 Å². The molecule has 3 aromatic heterocycles. The lowest BCUT2D eigenvalue weighted by Crippen LogP contribution is -2.00. The Kier molecular flexibility index (Phi) is 4.56. The lowest BCUT2D eigenvalue weighted by atomic mass is 10.0. The number of fused-ring (bicyclic) bond motifs is 1. The number of hydrogen-bond acceptors (Lipinski definition) is 6. The van der Waals surface area contributed by atoms with Gasteiger partial charge in [0.1, 0.15) is 0 Å². The van der Waals surface area contributed by atoms with Gasteiger partial charge in [-0.05, 0) is 49.4 Å². The van der Waals surface area contributed by atoms with Crippen molar-refractivity contribution in [3.05, 3.63) is 65.4 Å². The van der Waals surface area contributed by atoms with Crippen LogP contribution in [0.15, 0.2) is 54.2 Å². The predicted molar refractivity (Wildman–Crippen MR) is 117 cm³/mol. The molecular weight excluding hydrogens is 380 g/mol. The summed E-state index contributed by atoms with van der Waals surface area (Å²) in [6.07, 6.45) is 6.64. The highest BCUT2D eigenvalue weighted by Crippen LogP contribution is 2.36. The highest BCUT2D eigenvalue weighted by molar-refractivity contribution is 7.17. The summed E-state index contributed by atoms with van der Waals surface area (Å²) in [6.45, 7) is 1.95. The molecule has 0 atom stereocenters. The van der Waals surface area contributed by atoms with Crippen molar-refractivity contribution in [2.24, 2.45) is 5.92 Å². The van der Waals surface area contributed by atoms with E-state index in [9.17, 15) is 4.79 Å². The quantitative estimate of drug-likeness (QED) is 0.415. The summed E-state index contributed by atoms with van der Waals surface area (Å²) in [5.74, 6) is 1.35. The van der Waals surface area contributed by atoms with E-state index in [4.69, 9.17) is 4.98 Å². The topological polar surface area (TPSA) is 67.8 Å². The largest absolute Gasteiger partial charge is 0.323 e. The molecule has 1 aliphatic rings. The summed E-state index contributed by atoms with van der Waals surface area (Å²) in [7, 11) is 0. The first-order valence-corrected chi connectivity index (χ1v) is 10.6. The third-order valence-electron chi connectivity index (χ3n) is 5.15. The Hall–Kier alpha value is -3.12. The molecule has 4 aromatic rings. The minimum Gasteiger partial charge on any atom is -0.323 e. The maximum Gasteiger partial charge on any atom is 0.227 e. The summed E-state index contributed by atoms with van der Waals surface area (Å²) in [4.78, 5) is 26.0. The van der Waals surface area contributed by atoms with E-state index in [-0.39, 0.29) is 5.78 Å². The van der Waals surface area contributed by atoms with Gasteiger partial charge < -0.3 is 5.32 Å². The normalized spacial score (nSPS) is 13.6. The highest BCUT2D eigenvalue weighted by atomic mass is 32.1. The second-order valence-corrected chi connectivity index (χ2v) is 8.43. The summed E-state index contributed by atoms with van der Waals surface area (Å²) in [5, 5.41) is 5.30. The van der Waals surface area contributed by atoms with Crippen molar-refractivity contribution in [2.75, 3.05) is 5.32 Å². The van der Waals surface area contributed by atoms with Gasteiger partial charge in [-0.25, -0.2) is 9.97 Å². The maximum absolute atomic E-state index is 12.5. The standard InChI is InChI=1S/C23H20N4OS/c1-14-5-8-18(11-24-14)26-23-25-12-21-22(27-23)19(13-29-21)16-3-2-4-17(10-16)20(28)9-15-6-7-15/h2-5,8,10-13,15H,6-7,9H2,1H3,(H,25,26,27). The molecule has 0 aliphatic heterocycles. The molecule has 0 bridgehead atoms. The van der Waals surface area contributed by atoms with Crippen LogP contribution < -0.4 is 5.32 Å². The van der Waals surface area contributed by atoms with Crippen LogP contribution in [0, 0.1) is 12.8 Å². The number of nitrogens with zero attached hydrogens (tertiary/aromatic N) is 3. The number of anilines is 2. The lowest BCUT2D eigenvalue weighted by molar-refractivity contribution is 0.0976. The van der Waals surface area contributed by atoms with Crippen LogP contribution in [0.3, 0.4) is 0 Å². The molecule has 0 radical (unpaired) electrons. The van der Waals surface area contributed by atoms with Gasteiger partial charge in [0.25, 0.3) is 0 Å². The summed E-state index contributed by atoms with van der Waals surface area (Å²) in [6, 6.07) is 11.8. The number of carbonyl (C=O) groups is 1. The molecule has 0 spiro atoms. The van der Waals surface area contributed by atoms with E-state index >= 15 is 0 Å². The Labute approximate surface area is 172 Å². The monoisotopic (exact) mass is 400 g/mol. The lowest BCUT2D eigenvalue weighted by Gasteiger charge is -2.06. The van der Waals surface area contributed by atoms with E-state index in [1.54, 1.807) is 17.5 Å². The van der Waals surface area contributed by atoms with E-state index < -0.39 is 0 Å². The van der Waals surface area contributed by atoms with Gasteiger partial charge in [-0.3, -0.25) is 9.78 Å². The van der Waals surface area contributed by atoms with Crippen LogP contribution in [0.1, 0.15) is 35.3 Å². The number of aromatic nitrogens is 3. The highest BCUT2D eigenvalue weighted by Gasteiger charge is 2.25. The fraction of sp³-hybridized carbons (Fsp3) is 0.217. The third-order valence-corrected chi connectivity index (χ3v) is 6.05. The van der Waals surface area contributed by atoms with Gasteiger partial charge in [0.15, 0.2) is 5.78 Å². The smallest absolute Gasteiger partial charge is 0.227 e. The first-order valence-electron chi connectivity index (χ1n) is 9.73. The number of Topliss-reactive ketones (excluding diaryl/α,β-unsaturated/α-hetero) is 1. The number of hydrogen-bond donors (Lipinski definition) is 1. The average Bonchev–Trinajstić information content (AvgIpc) is 3.45. The van der Waals surface area contributed by atoms with Crippen molar-refractivity contribution in [1.29, 1.82) is 0 Å².